The summed E-state index contributed by atoms with van der Waals surface area (Å²) in [5.41, 5.74) is 0.746. The molecule has 126 valence electrons. The molecule has 3 aromatic rings. The van der Waals surface area contributed by atoms with Crippen LogP contribution in [-0.4, -0.2) is 18.7 Å². The topological polar surface area (TPSA) is 61.8 Å². The van der Waals surface area contributed by atoms with E-state index in [9.17, 15) is 9.59 Å². The number of nitrogens with zero attached hydrogens (tertiary/aromatic N) is 4. The SMILES string of the molecule is C#CCn1c(=O)c2c(nc(C=Cc3cccc(Br)c3)n2C)n(C)c1=O. The van der Waals surface area contributed by atoms with Gasteiger partial charge >= 0.3 is 5.69 Å². The highest BCUT2D eigenvalue weighted by molar-refractivity contribution is 9.10. The van der Waals surface area contributed by atoms with E-state index < -0.39 is 11.2 Å². The lowest BCUT2D eigenvalue weighted by Crippen LogP contribution is -2.39. The number of hydrogen-bond acceptors (Lipinski definition) is 3. The molecule has 6 nitrogen and oxygen atoms in total. The summed E-state index contributed by atoms with van der Waals surface area (Å²) in [6.45, 7) is -0.0736. The smallest absolute Gasteiger partial charge is 0.322 e. The highest BCUT2D eigenvalue weighted by atomic mass is 79.9. The number of terminal acetylenes is 1. The Bertz CT molecular complexity index is 1160. The second-order valence-electron chi connectivity index (χ2n) is 5.53. The summed E-state index contributed by atoms with van der Waals surface area (Å²) >= 11 is 3.43. The van der Waals surface area contributed by atoms with Gasteiger partial charge in [-0.25, -0.2) is 14.3 Å². The first-order chi connectivity index (χ1) is 11.9. The Morgan fingerprint density at radius 3 is 2.68 bits per heavy atom. The van der Waals surface area contributed by atoms with Gasteiger partial charge in [0.2, 0.25) is 0 Å². The maximum absolute atomic E-state index is 12.6. The fourth-order valence-electron chi connectivity index (χ4n) is 2.62. The van der Waals surface area contributed by atoms with E-state index in [-0.39, 0.29) is 6.54 Å². The third-order valence-corrected chi connectivity index (χ3v) is 4.41. The normalized spacial score (nSPS) is 11.3. The highest BCUT2D eigenvalue weighted by Crippen LogP contribution is 2.15. The fourth-order valence-corrected chi connectivity index (χ4v) is 3.04. The molecule has 0 amide bonds. The van der Waals surface area contributed by atoms with Crippen LogP contribution in [0.5, 0.6) is 0 Å². The Balaban J connectivity index is 2.19. The molecule has 0 aliphatic carbocycles. The summed E-state index contributed by atoms with van der Waals surface area (Å²) in [5, 5.41) is 0. The van der Waals surface area contributed by atoms with Gasteiger partial charge in [0.1, 0.15) is 5.82 Å². The average molecular weight is 399 g/mol. The molecule has 2 heterocycles. The molecule has 0 radical (unpaired) electrons. The lowest BCUT2D eigenvalue weighted by molar-refractivity contribution is 0.674. The maximum atomic E-state index is 12.6. The zero-order chi connectivity index (χ0) is 18.1. The minimum absolute atomic E-state index is 0.0736. The third kappa shape index (κ3) is 2.96. The standard InChI is InChI=1S/C18H15BrN4O2/c1-4-10-23-17(24)15-16(22(3)18(23)25)20-14(21(15)2)9-8-12-6-5-7-13(19)11-12/h1,5-9,11H,10H2,2-3H3. The van der Waals surface area contributed by atoms with E-state index >= 15 is 0 Å². The van der Waals surface area contributed by atoms with Gasteiger partial charge in [0.25, 0.3) is 5.56 Å². The van der Waals surface area contributed by atoms with Gasteiger partial charge in [-0.15, -0.1) is 6.42 Å². The summed E-state index contributed by atoms with van der Waals surface area (Å²) < 4.78 is 5.01. The van der Waals surface area contributed by atoms with Crippen molar-refractivity contribution in [1.29, 1.82) is 0 Å². The molecule has 3 rings (SSSR count). The fraction of sp³-hybridized carbons (Fsp3) is 0.167. The molecule has 0 aliphatic rings. The lowest BCUT2D eigenvalue weighted by atomic mass is 10.2. The van der Waals surface area contributed by atoms with Crippen molar-refractivity contribution in [3.05, 3.63) is 61.0 Å². The minimum Gasteiger partial charge on any atom is -0.322 e. The second-order valence-corrected chi connectivity index (χ2v) is 6.44. The number of rotatable bonds is 3. The highest BCUT2D eigenvalue weighted by Gasteiger charge is 2.16. The van der Waals surface area contributed by atoms with Crippen LogP contribution in [0, 0.1) is 12.3 Å². The van der Waals surface area contributed by atoms with E-state index in [1.54, 1.807) is 24.7 Å². The molecule has 1 aromatic carbocycles. The number of aromatic nitrogens is 4. The van der Waals surface area contributed by atoms with Gasteiger partial charge in [-0.2, -0.15) is 0 Å². The summed E-state index contributed by atoms with van der Waals surface area (Å²) in [6, 6.07) is 7.80. The van der Waals surface area contributed by atoms with E-state index in [2.05, 4.69) is 26.8 Å². The largest absolute Gasteiger partial charge is 0.333 e. The van der Waals surface area contributed by atoms with Gasteiger partial charge in [0, 0.05) is 18.6 Å². The molecule has 0 saturated heterocycles. The van der Waals surface area contributed by atoms with Crippen molar-refractivity contribution < 1.29 is 0 Å². The van der Waals surface area contributed by atoms with Crippen LogP contribution in [0.1, 0.15) is 11.4 Å². The van der Waals surface area contributed by atoms with Crippen LogP contribution in [0.3, 0.4) is 0 Å². The van der Waals surface area contributed by atoms with Crippen molar-refractivity contribution in [2.45, 2.75) is 6.54 Å². The summed E-state index contributed by atoms with van der Waals surface area (Å²) in [5.74, 6) is 2.91. The Morgan fingerprint density at radius 2 is 2.00 bits per heavy atom. The molecule has 0 N–H and O–H groups in total. The minimum atomic E-state index is -0.476. The quantitative estimate of drug-likeness (QED) is 0.633. The predicted molar refractivity (Wildman–Crippen MR) is 102 cm³/mol. The molecule has 0 saturated carbocycles. The molecule has 0 spiro atoms. The number of benzene rings is 1. The molecule has 0 unspecified atom stereocenters. The van der Waals surface area contributed by atoms with Crippen LogP contribution < -0.4 is 11.2 Å². The first-order valence-electron chi connectivity index (χ1n) is 7.47. The van der Waals surface area contributed by atoms with E-state index in [0.717, 1.165) is 14.6 Å². The van der Waals surface area contributed by atoms with Gasteiger partial charge in [0.15, 0.2) is 11.2 Å². The van der Waals surface area contributed by atoms with Crippen LogP contribution in [0.4, 0.5) is 0 Å². The monoisotopic (exact) mass is 398 g/mol. The molecule has 7 heteroatoms. The third-order valence-electron chi connectivity index (χ3n) is 3.92. The van der Waals surface area contributed by atoms with Crippen molar-refractivity contribution in [3.63, 3.8) is 0 Å². The Labute approximate surface area is 152 Å². The number of hydrogen-bond donors (Lipinski definition) is 0. The van der Waals surface area contributed by atoms with Crippen molar-refractivity contribution in [1.82, 2.24) is 18.7 Å². The Morgan fingerprint density at radius 1 is 1.24 bits per heavy atom. The van der Waals surface area contributed by atoms with Gasteiger partial charge in [0.05, 0.1) is 6.54 Å². The van der Waals surface area contributed by atoms with Crippen molar-refractivity contribution >= 4 is 39.2 Å². The van der Waals surface area contributed by atoms with Crippen LogP contribution in [0.2, 0.25) is 0 Å². The summed E-state index contributed by atoms with van der Waals surface area (Å²) in [4.78, 5) is 29.3. The Hall–Kier alpha value is -2.85. The van der Waals surface area contributed by atoms with Crippen molar-refractivity contribution in [3.8, 4) is 12.3 Å². The average Bonchev–Trinajstić information content (AvgIpc) is 2.92. The predicted octanol–water partition coefficient (Wildman–Crippen LogP) is 2.00. The molecule has 0 aliphatic heterocycles. The number of halogens is 1. The number of aryl methyl sites for hydroxylation is 2. The van der Waals surface area contributed by atoms with Crippen LogP contribution in [-0.2, 0) is 20.6 Å². The molecule has 2 aromatic heterocycles. The lowest BCUT2D eigenvalue weighted by Gasteiger charge is -2.05. The molecule has 25 heavy (non-hydrogen) atoms. The molecule has 0 fully saturated rings. The maximum Gasteiger partial charge on any atom is 0.333 e. The van der Waals surface area contributed by atoms with E-state index in [1.807, 2.05) is 30.3 Å². The first kappa shape index (κ1) is 17.0. The van der Waals surface area contributed by atoms with Crippen molar-refractivity contribution in [2.75, 3.05) is 0 Å². The molecular weight excluding hydrogens is 384 g/mol. The van der Waals surface area contributed by atoms with Gasteiger partial charge < -0.3 is 4.57 Å². The van der Waals surface area contributed by atoms with Gasteiger partial charge in [-0.1, -0.05) is 40.1 Å². The van der Waals surface area contributed by atoms with Gasteiger partial charge in [-0.05, 0) is 23.8 Å². The van der Waals surface area contributed by atoms with E-state index in [4.69, 9.17) is 6.42 Å². The summed E-state index contributed by atoms with van der Waals surface area (Å²) in [7, 11) is 3.31. The number of imidazole rings is 1. The van der Waals surface area contributed by atoms with Crippen LogP contribution >= 0.6 is 15.9 Å². The second kappa shape index (κ2) is 6.57. The van der Waals surface area contributed by atoms with Crippen LogP contribution in [0.15, 0.2) is 38.3 Å². The Kier molecular flexibility index (Phi) is 4.47. The van der Waals surface area contributed by atoms with Crippen LogP contribution in [0.25, 0.3) is 23.3 Å². The van der Waals surface area contributed by atoms with Gasteiger partial charge in [-0.3, -0.25) is 9.36 Å². The van der Waals surface area contributed by atoms with Crippen molar-refractivity contribution in [2.24, 2.45) is 14.1 Å². The number of fused-ring (bicyclic) bond motifs is 1. The zero-order valence-corrected chi connectivity index (χ0v) is 15.3. The van der Waals surface area contributed by atoms with E-state index in [0.29, 0.717) is 17.0 Å². The summed E-state index contributed by atoms with van der Waals surface area (Å²) in [6.07, 6.45) is 8.96. The van der Waals surface area contributed by atoms with E-state index in [1.165, 1.54) is 4.57 Å². The molecule has 0 bridgehead atoms. The zero-order valence-electron chi connectivity index (χ0n) is 13.7. The molecular formula is C18H15BrN4O2. The first-order valence-corrected chi connectivity index (χ1v) is 8.26. The molecule has 0 atom stereocenters.